The molecule has 1 aromatic heterocycles. The third-order valence-electron chi connectivity index (χ3n) is 2.70. The molecule has 0 unspecified atom stereocenters. The highest BCUT2D eigenvalue weighted by molar-refractivity contribution is 5.67. The van der Waals surface area contributed by atoms with E-state index in [1.165, 1.54) is 0 Å². The summed E-state index contributed by atoms with van der Waals surface area (Å²) in [7, 11) is 1.85. The van der Waals surface area contributed by atoms with Crippen LogP contribution in [0.3, 0.4) is 0 Å². The molecule has 0 bridgehead atoms. The van der Waals surface area contributed by atoms with Gasteiger partial charge in [-0.2, -0.15) is 5.26 Å². The van der Waals surface area contributed by atoms with Crippen LogP contribution in [0.1, 0.15) is 38.4 Å². The summed E-state index contributed by atoms with van der Waals surface area (Å²) in [6.07, 6.45) is 2.37. The van der Waals surface area contributed by atoms with E-state index in [1.54, 1.807) is 4.57 Å². The predicted octanol–water partition coefficient (Wildman–Crippen LogP) is 1.90. The lowest BCUT2D eigenvalue weighted by molar-refractivity contribution is 0.0527. The average Bonchev–Trinajstić information content (AvgIpc) is 2.72. The maximum Gasteiger partial charge on any atom is 0.407 e. The fourth-order valence-corrected chi connectivity index (χ4v) is 1.79. The van der Waals surface area contributed by atoms with Gasteiger partial charge in [0, 0.05) is 26.3 Å². The molecule has 6 heteroatoms. The largest absolute Gasteiger partial charge is 0.444 e. The molecule has 0 aliphatic heterocycles. The van der Waals surface area contributed by atoms with Gasteiger partial charge < -0.3 is 19.9 Å². The van der Waals surface area contributed by atoms with Gasteiger partial charge in [-0.25, -0.2) is 4.79 Å². The minimum atomic E-state index is -0.464. The molecule has 1 rings (SSSR count). The van der Waals surface area contributed by atoms with Crippen molar-refractivity contribution in [1.29, 1.82) is 5.26 Å². The smallest absolute Gasteiger partial charge is 0.407 e. The topological polar surface area (TPSA) is 79.1 Å². The summed E-state index contributed by atoms with van der Waals surface area (Å²) in [5.74, 6) is 0. The van der Waals surface area contributed by atoms with Crippen LogP contribution in [-0.2, 0) is 18.3 Å². The first-order chi connectivity index (χ1) is 9.81. The summed E-state index contributed by atoms with van der Waals surface area (Å²) in [6, 6.07) is 4.00. The van der Waals surface area contributed by atoms with E-state index in [1.807, 2.05) is 40.1 Å². The molecule has 6 nitrogen and oxygen atoms in total. The Balaban J connectivity index is 2.12. The SMILES string of the molecule is Cn1cc(CNCCCNC(=O)OC(C)(C)C)cc1C#N. The fraction of sp³-hybridized carbons (Fsp3) is 0.600. The Hall–Kier alpha value is -2.00. The van der Waals surface area contributed by atoms with Gasteiger partial charge in [-0.05, 0) is 45.4 Å². The number of hydrogen-bond acceptors (Lipinski definition) is 4. The van der Waals surface area contributed by atoms with Crippen molar-refractivity contribution in [2.75, 3.05) is 13.1 Å². The molecular weight excluding hydrogens is 268 g/mol. The Morgan fingerprint density at radius 3 is 2.71 bits per heavy atom. The number of nitriles is 1. The van der Waals surface area contributed by atoms with Crippen LogP contribution in [0, 0.1) is 11.3 Å². The van der Waals surface area contributed by atoms with Gasteiger partial charge in [0.1, 0.15) is 17.4 Å². The third kappa shape index (κ3) is 6.82. The van der Waals surface area contributed by atoms with Crippen LogP contribution in [0.4, 0.5) is 4.79 Å². The van der Waals surface area contributed by atoms with Crippen LogP contribution in [0.2, 0.25) is 0 Å². The number of carbonyl (C=O) groups excluding carboxylic acids is 1. The van der Waals surface area contributed by atoms with Crippen LogP contribution < -0.4 is 10.6 Å². The Morgan fingerprint density at radius 2 is 2.14 bits per heavy atom. The molecule has 0 radical (unpaired) electrons. The number of nitrogens with zero attached hydrogens (tertiary/aromatic N) is 2. The van der Waals surface area contributed by atoms with Gasteiger partial charge >= 0.3 is 6.09 Å². The summed E-state index contributed by atoms with van der Waals surface area (Å²) in [5, 5.41) is 14.8. The second kappa shape index (κ2) is 7.70. The van der Waals surface area contributed by atoms with Crippen molar-refractivity contribution in [3.63, 3.8) is 0 Å². The molecule has 1 amide bonds. The van der Waals surface area contributed by atoms with Gasteiger partial charge in [-0.3, -0.25) is 0 Å². The molecule has 2 N–H and O–H groups in total. The van der Waals surface area contributed by atoms with Gasteiger partial charge in [-0.1, -0.05) is 0 Å². The van der Waals surface area contributed by atoms with Gasteiger partial charge in [0.15, 0.2) is 0 Å². The molecule has 0 aliphatic rings. The Bertz CT molecular complexity index is 509. The monoisotopic (exact) mass is 292 g/mol. The van der Waals surface area contributed by atoms with Gasteiger partial charge in [0.25, 0.3) is 0 Å². The first-order valence-electron chi connectivity index (χ1n) is 7.05. The van der Waals surface area contributed by atoms with Crippen molar-refractivity contribution < 1.29 is 9.53 Å². The molecule has 0 saturated heterocycles. The van der Waals surface area contributed by atoms with Crippen LogP contribution in [-0.4, -0.2) is 29.4 Å². The van der Waals surface area contributed by atoms with Gasteiger partial charge in [0.2, 0.25) is 0 Å². The molecule has 0 atom stereocenters. The van der Waals surface area contributed by atoms with E-state index < -0.39 is 5.60 Å². The lowest BCUT2D eigenvalue weighted by Gasteiger charge is -2.19. The van der Waals surface area contributed by atoms with Crippen LogP contribution >= 0.6 is 0 Å². The molecule has 0 saturated carbocycles. The van der Waals surface area contributed by atoms with E-state index in [-0.39, 0.29) is 6.09 Å². The van der Waals surface area contributed by atoms with Gasteiger partial charge in [0.05, 0.1) is 0 Å². The van der Waals surface area contributed by atoms with Crippen molar-refractivity contribution >= 4 is 6.09 Å². The van der Waals surface area contributed by atoms with Gasteiger partial charge in [-0.15, -0.1) is 0 Å². The number of alkyl carbamates (subject to hydrolysis) is 1. The van der Waals surface area contributed by atoms with E-state index in [2.05, 4.69) is 16.7 Å². The first kappa shape index (κ1) is 17.1. The van der Waals surface area contributed by atoms with E-state index in [9.17, 15) is 4.79 Å². The number of amides is 1. The molecular formula is C15H24N4O2. The number of aromatic nitrogens is 1. The van der Waals surface area contributed by atoms with Crippen LogP contribution in [0.25, 0.3) is 0 Å². The molecule has 1 heterocycles. The van der Waals surface area contributed by atoms with Crippen molar-refractivity contribution in [2.45, 2.75) is 39.3 Å². The Labute approximate surface area is 126 Å². The second-order valence-electron chi connectivity index (χ2n) is 5.92. The summed E-state index contributed by atoms with van der Waals surface area (Å²) in [4.78, 5) is 11.4. The lowest BCUT2D eigenvalue weighted by Crippen LogP contribution is -2.33. The van der Waals surface area contributed by atoms with E-state index in [4.69, 9.17) is 10.00 Å². The average molecular weight is 292 g/mol. The fourth-order valence-electron chi connectivity index (χ4n) is 1.79. The predicted molar refractivity (Wildman–Crippen MR) is 80.7 cm³/mol. The summed E-state index contributed by atoms with van der Waals surface area (Å²) >= 11 is 0. The zero-order chi connectivity index (χ0) is 15.9. The van der Waals surface area contributed by atoms with Crippen molar-refractivity contribution in [3.05, 3.63) is 23.5 Å². The maximum atomic E-state index is 11.4. The summed E-state index contributed by atoms with van der Waals surface area (Å²) < 4.78 is 6.94. The zero-order valence-electron chi connectivity index (χ0n) is 13.2. The number of nitrogens with one attached hydrogen (secondary N) is 2. The minimum absolute atomic E-state index is 0.385. The zero-order valence-corrected chi connectivity index (χ0v) is 13.2. The minimum Gasteiger partial charge on any atom is -0.444 e. The van der Waals surface area contributed by atoms with Crippen molar-refractivity contribution in [2.24, 2.45) is 7.05 Å². The summed E-state index contributed by atoms with van der Waals surface area (Å²) in [6.45, 7) is 7.57. The quantitative estimate of drug-likeness (QED) is 0.785. The second-order valence-corrected chi connectivity index (χ2v) is 5.92. The molecule has 0 aromatic carbocycles. The standard InChI is InChI=1S/C15H24N4O2/c1-15(2,3)21-14(20)18-7-5-6-17-10-12-8-13(9-16)19(4)11-12/h8,11,17H,5-7,10H2,1-4H3,(H,18,20). The number of carbonyl (C=O) groups is 1. The molecule has 0 aliphatic carbocycles. The molecule has 116 valence electrons. The number of aryl methyl sites for hydroxylation is 1. The molecule has 21 heavy (non-hydrogen) atoms. The maximum absolute atomic E-state index is 11.4. The highest BCUT2D eigenvalue weighted by Gasteiger charge is 2.15. The summed E-state index contributed by atoms with van der Waals surface area (Å²) in [5.41, 5.74) is 1.27. The van der Waals surface area contributed by atoms with E-state index in [0.29, 0.717) is 18.8 Å². The van der Waals surface area contributed by atoms with Crippen LogP contribution in [0.5, 0.6) is 0 Å². The molecule has 1 aromatic rings. The number of ether oxygens (including phenoxy) is 1. The van der Waals surface area contributed by atoms with E-state index >= 15 is 0 Å². The van der Waals surface area contributed by atoms with Crippen molar-refractivity contribution in [3.8, 4) is 6.07 Å². The highest BCUT2D eigenvalue weighted by atomic mass is 16.6. The molecule has 0 spiro atoms. The first-order valence-corrected chi connectivity index (χ1v) is 7.05. The highest BCUT2D eigenvalue weighted by Crippen LogP contribution is 2.06. The molecule has 0 fully saturated rings. The number of rotatable bonds is 6. The number of hydrogen-bond donors (Lipinski definition) is 2. The van der Waals surface area contributed by atoms with Crippen molar-refractivity contribution in [1.82, 2.24) is 15.2 Å². The Kier molecular flexibility index (Phi) is 6.25. The normalized spacial score (nSPS) is 11.0. The lowest BCUT2D eigenvalue weighted by atomic mass is 10.2. The third-order valence-corrected chi connectivity index (χ3v) is 2.70. The Morgan fingerprint density at radius 1 is 1.43 bits per heavy atom. The van der Waals surface area contributed by atoms with Crippen LogP contribution in [0.15, 0.2) is 12.3 Å². The van der Waals surface area contributed by atoms with E-state index in [0.717, 1.165) is 18.5 Å².